The minimum Gasteiger partial charge on any atom is -0.464 e. The van der Waals surface area contributed by atoms with Gasteiger partial charge in [0.1, 0.15) is 38.8 Å². The number of halogens is 1. The molecule has 6 aromatic heterocycles. The molecule has 14 N–H and O–H groups in total. The summed E-state index contributed by atoms with van der Waals surface area (Å²) >= 11 is 4.50. The predicted octanol–water partition coefficient (Wildman–Crippen LogP) is 15.3. The minimum absolute atomic E-state index is 0.0266. The molecule has 0 saturated carbocycles. The summed E-state index contributed by atoms with van der Waals surface area (Å²) in [5.41, 5.74) is 43.0. The van der Waals surface area contributed by atoms with Gasteiger partial charge in [0.25, 0.3) is 5.91 Å². The number of nitrogens with one attached hydrogen (secondary N) is 6. The van der Waals surface area contributed by atoms with Crippen LogP contribution in [0.2, 0.25) is 0 Å². The Morgan fingerprint density at radius 3 is 1.39 bits per heavy atom. The molecule has 5 aliphatic heterocycles. The number of hydrogen-bond donors (Lipinski definition) is 10. The van der Waals surface area contributed by atoms with E-state index in [1.807, 2.05) is 128 Å². The van der Waals surface area contributed by atoms with Crippen LogP contribution < -0.4 is 79.3 Å². The van der Waals surface area contributed by atoms with Gasteiger partial charge in [-0.1, -0.05) is 126 Å². The van der Waals surface area contributed by atoms with Gasteiger partial charge >= 0.3 is 0 Å². The van der Waals surface area contributed by atoms with Crippen LogP contribution in [0.25, 0.3) is 39.2 Å². The van der Waals surface area contributed by atoms with Crippen LogP contribution in [0.4, 0.5) is 59.6 Å². The highest BCUT2D eigenvalue weighted by atomic mass is 32.1. The lowest BCUT2D eigenvalue weighted by atomic mass is 9.97. The maximum absolute atomic E-state index is 13.2. The normalized spacial score (nSPS) is 15.7. The quantitative estimate of drug-likeness (QED) is 0.0198. The molecule has 0 atom stereocenters. The van der Waals surface area contributed by atoms with E-state index in [-0.39, 0.29) is 54.1 Å². The highest BCUT2D eigenvalue weighted by Crippen LogP contribution is 2.36. The van der Waals surface area contributed by atoms with Gasteiger partial charge in [-0.25, -0.2) is 29.3 Å². The second-order valence-corrected chi connectivity index (χ2v) is 36.6. The first-order chi connectivity index (χ1) is 65.4. The first-order valence-corrected chi connectivity index (χ1v) is 47.9. The number of aromatic nitrogens is 5. The lowest BCUT2D eigenvalue weighted by molar-refractivity contribution is 0.0981. The Kier molecular flexibility index (Phi) is 31.9. The number of amides is 1. The largest absolute Gasteiger partial charge is 0.464 e. The smallest absolute Gasteiger partial charge is 0.267 e. The fourth-order valence-corrected chi connectivity index (χ4v) is 19.3. The summed E-state index contributed by atoms with van der Waals surface area (Å²) in [6, 6.07) is 47.1. The summed E-state index contributed by atoms with van der Waals surface area (Å²) in [5, 5.41) is 23.3. The number of aryl methyl sites for hydroxylation is 1. The van der Waals surface area contributed by atoms with Crippen molar-refractivity contribution in [2.24, 2.45) is 0 Å². The summed E-state index contributed by atoms with van der Waals surface area (Å²) in [5.74, 6) is 2.12. The van der Waals surface area contributed by atoms with Gasteiger partial charge in [-0.05, 0) is 202 Å². The molecule has 5 saturated heterocycles. The lowest BCUT2D eigenvalue weighted by Crippen LogP contribution is -2.43. The molecule has 26 nitrogen and oxygen atoms in total. The number of rotatable bonds is 24. The van der Waals surface area contributed by atoms with E-state index < -0.39 is 0 Å². The molecule has 8 aliphatic rings. The third-order valence-electron chi connectivity index (χ3n) is 24.3. The van der Waals surface area contributed by atoms with Crippen molar-refractivity contribution in [2.45, 2.75) is 51.9 Å². The monoisotopic (exact) mass is 1850 g/mol. The second kappa shape index (κ2) is 45.6. The van der Waals surface area contributed by atoms with E-state index in [4.69, 9.17) is 27.4 Å². The summed E-state index contributed by atoms with van der Waals surface area (Å²) in [6.07, 6.45) is 32.7. The number of allylic oxidation sites excluding steroid dienone is 12. The first kappa shape index (κ1) is 93.5. The van der Waals surface area contributed by atoms with E-state index in [0.717, 1.165) is 249 Å². The van der Waals surface area contributed by atoms with Crippen molar-refractivity contribution in [3.63, 3.8) is 0 Å². The van der Waals surface area contributed by atoms with E-state index in [1.165, 1.54) is 56.5 Å². The topological polar surface area (TPSA) is 355 Å². The zero-order valence-electron chi connectivity index (χ0n) is 75.0. The van der Waals surface area contributed by atoms with Crippen LogP contribution in [-0.2, 0) is 25.7 Å². The number of carbonyl (C=O) groups excluding carboxylic acids is 5. The van der Waals surface area contributed by atoms with Crippen molar-refractivity contribution in [3.05, 3.63) is 320 Å². The number of anilines is 10. The molecule has 20 rings (SSSR count). The molecule has 12 aromatic rings. The van der Waals surface area contributed by atoms with Crippen molar-refractivity contribution < 1.29 is 32.8 Å². The Morgan fingerprint density at radius 2 is 0.881 bits per heavy atom. The number of piperazine rings is 5. The van der Waals surface area contributed by atoms with E-state index in [0.29, 0.717) is 50.3 Å². The Balaban J connectivity index is 0.000000122. The Morgan fingerprint density at radius 1 is 0.403 bits per heavy atom. The number of carbonyl (C=O) groups is 5. The fourth-order valence-electron chi connectivity index (χ4n) is 16.5. The maximum atomic E-state index is 13.2. The molecular weight excluding hydrogens is 1740 g/mol. The van der Waals surface area contributed by atoms with E-state index in [9.17, 15) is 28.4 Å². The Labute approximate surface area is 792 Å². The fraction of sp³-hybridized carbons (Fsp3) is 0.269. The van der Waals surface area contributed by atoms with Gasteiger partial charge in [0.2, 0.25) is 0 Å². The second-order valence-electron chi connectivity index (χ2n) is 33.5. The third-order valence-corrected chi connectivity index (χ3v) is 27.7. The van der Waals surface area contributed by atoms with E-state index in [2.05, 4.69) is 142 Å². The lowest BCUT2D eigenvalue weighted by Gasteiger charge is -2.28. The molecular formula is C104H111FN20O6S3. The number of Topliss-reactive ketones (excluding diaryl/α,β-unsaturated/α-hetero) is 4. The number of furan rings is 1. The summed E-state index contributed by atoms with van der Waals surface area (Å²) in [7, 11) is 0. The molecule has 3 aliphatic carbocycles. The molecule has 6 aromatic carbocycles. The molecule has 0 bridgehead atoms. The molecule has 0 radical (unpaired) electrons. The van der Waals surface area contributed by atoms with Gasteiger partial charge in [-0.2, -0.15) is 0 Å². The van der Waals surface area contributed by atoms with Crippen LogP contribution >= 0.6 is 34.0 Å². The molecule has 0 unspecified atom stereocenters. The number of benzene rings is 6. The van der Waals surface area contributed by atoms with E-state index in [1.54, 1.807) is 60.6 Å². The number of pyridine rings is 1. The Hall–Kier alpha value is -13.7. The van der Waals surface area contributed by atoms with Crippen molar-refractivity contribution in [2.75, 3.05) is 184 Å². The average molecular weight is 1850 g/mol. The van der Waals surface area contributed by atoms with Crippen molar-refractivity contribution in [1.82, 2.24) is 51.5 Å². The van der Waals surface area contributed by atoms with Gasteiger partial charge in [0, 0.05) is 202 Å². The van der Waals surface area contributed by atoms with Gasteiger partial charge in [-0.15, -0.1) is 11.3 Å². The highest BCUT2D eigenvalue weighted by molar-refractivity contribution is 7.18. The van der Waals surface area contributed by atoms with Crippen LogP contribution in [0.15, 0.2) is 248 Å². The number of thiophene rings is 1. The zero-order chi connectivity index (χ0) is 92.7. The predicted molar refractivity (Wildman–Crippen MR) is 543 cm³/mol. The van der Waals surface area contributed by atoms with Crippen molar-refractivity contribution >= 4 is 135 Å². The SMILES string of the molecule is Cc1ccc(-c2ccco2)cc1NC(=O)c1cnc(N2CCNCC2)s1.Nc1ccc(-c2ccc(F)cc2)cc1CC(=O)c1ccc(N2CCNCC2)nc1.Nc1ccc(C2=CC=CC2)cc1CC(=O)c1ccc(N2CCNCC2)s1.Nc1ccc(C2=CC=CC2)cc1CC(=O)c1cnc(N2CCNCC2)cn1.Nc1ccc(C2=CC=CC2)cc1CC(=O)c1ncc(N2CCNCC2)s1. The highest BCUT2D eigenvalue weighted by Gasteiger charge is 2.25. The number of nitrogen functional groups attached to an aromatic ring is 4. The average Bonchev–Trinajstić information content (AvgIpc) is 1.38. The number of nitrogens with zero attached hydrogens (tertiary/aromatic N) is 10. The molecule has 1 amide bonds. The minimum atomic E-state index is -0.281. The third kappa shape index (κ3) is 24.8. The maximum Gasteiger partial charge on any atom is 0.267 e. The van der Waals surface area contributed by atoms with Crippen LogP contribution in [-0.4, -0.2) is 185 Å². The van der Waals surface area contributed by atoms with Crippen molar-refractivity contribution in [3.8, 4) is 22.5 Å². The van der Waals surface area contributed by atoms with Crippen LogP contribution in [0, 0.1) is 12.7 Å². The molecule has 11 heterocycles. The zero-order valence-corrected chi connectivity index (χ0v) is 77.5. The first-order valence-electron chi connectivity index (χ1n) is 45.5. The molecule has 5 fully saturated rings. The van der Waals surface area contributed by atoms with Gasteiger partial charge in [0.15, 0.2) is 33.3 Å². The van der Waals surface area contributed by atoms with Crippen LogP contribution in [0.1, 0.15) is 114 Å². The number of hydrogen-bond acceptors (Lipinski definition) is 28. The van der Waals surface area contributed by atoms with E-state index >= 15 is 0 Å². The van der Waals surface area contributed by atoms with Crippen LogP contribution in [0.3, 0.4) is 0 Å². The number of nitrogens with two attached hydrogens (primary N) is 4. The van der Waals surface area contributed by atoms with Gasteiger partial charge < -0.3 is 83.8 Å². The van der Waals surface area contributed by atoms with Crippen LogP contribution in [0.5, 0.6) is 0 Å². The van der Waals surface area contributed by atoms with Gasteiger partial charge in [0.05, 0.1) is 40.9 Å². The summed E-state index contributed by atoms with van der Waals surface area (Å²) in [4.78, 5) is 98.3. The molecule has 688 valence electrons. The summed E-state index contributed by atoms with van der Waals surface area (Å²) in [6.45, 7) is 20.9. The number of ketones is 4. The number of thiazole rings is 2. The standard InChI is InChI=1S/C23H23FN4O.C21H23N5O.C21H23N3OS.C20H22N4OS.C19H20N4O2S/c24-20-5-1-16(2-6-20)17-3-7-21(25)19(13-17)14-22(29)18-4-8-23(27-15-18)28-11-9-26-10-12-28;22-18-6-5-16(15-3-1-2-4-15)11-17(18)12-20(27)19-13-25-21(14-24-19)26-9-7-23-8-10-26;22-18-6-5-16(15-3-1-2-4-15)13-17(18)14-19(25)20-7-8-21(26-20)24-11-9-23-10-12-24;21-17-6-5-15(14-3-1-2-4-14)11-16(17)12-18(25)20-23-13-19(26-20)24-9-7-22-8-10-24;1-13-4-5-14(16-3-2-10-25-16)11-15(13)22-18(24)17-12-21-19(26-17)23-8-6-20-7-9-23/h1-8,13,15,26H,9-12,14,25H2;1-3,5-6,11,13-14,23H,4,7-10,12,22H2;1-3,5-8,13,23H,4,9-12,14,22H2;1-3,5-6,11,13,22H,4,7-10,12,21H2;2-5,10-12,20H,6-9H2,1H3,(H,22,24). The summed E-state index contributed by atoms with van der Waals surface area (Å²) < 4.78 is 18.6. The molecule has 30 heteroatoms. The van der Waals surface area contributed by atoms with Crippen molar-refractivity contribution in [1.29, 1.82) is 0 Å². The molecule has 134 heavy (non-hydrogen) atoms. The Bertz CT molecular complexity index is 6160. The van der Waals surface area contributed by atoms with Gasteiger partial charge in [-0.3, -0.25) is 24.0 Å². The molecule has 0 spiro atoms.